The van der Waals surface area contributed by atoms with Crippen LogP contribution in [0.25, 0.3) is 5.69 Å². The fourth-order valence-corrected chi connectivity index (χ4v) is 3.41. The number of benzene rings is 2. The van der Waals surface area contributed by atoms with E-state index in [0.717, 1.165) is 5.56 Å². The van der Waals surface area contributed by atoms with E-state index in [2.05, 4.69) is 26.1 Å². The Balaban J connectivity index is 1.71. The normalized spacial score (nSPS) is 17.5. The van der Waals surface area contributed by atoms with Crippen LogP contribution in [0, 0.1) is 0 Å². The Bertz CT molecular complexity index is 1140. The Morgan fingerprint density at radius 3 is 2.65 bits per heavy atom. The van der Waals surface area contributed by atoms with Crippen LogP contribution in [0.2, 0.25) is 0 Å². The maximum Gasteiger partial charge on any atom is 0.254 e. The number of hydrogen-bond donors (Lipinski definition) is 3. The number of carbonyl (C=O) groups is 3. The molecule has 158 valence electrons. The number of aromatic nitrogens is 3. The highest BCUT2D eigenvalue weighted by atomic mass is 16.2. The van der Waals surface area contributed by atoms with Gasteiger partial charge in [-0.15, -0.1) is 10.2 Å². The first-order valence-corrected chi connectivity index (χ1v) is 9.97. The van der Waals surface area contributed by atoms with Crippen LogP contribution >= 0.6 is 0 Å². The topological polar surface area (TPSA) is 118 Å². The van der Waals surface area contributed by atoms with Gasteiger partial charge in [0.15, 0.2) is 5.82 Å². The third-order valence-electron chi connectivity index (χ3n) is 5.11. The quantitative estimate of drug-likeness (QED) is 0.512. The molecule has 0 saturated carbocycles. The van der Waals surface area contributed by atoms with Crippen molar-refractivity contribution in [2.24, 2.45) is 0 Å². The molecule has 0 radical (unpaired) electrons. The highest BCUT2D eigenvalue weighted by molar-refractivity contribution is 6.03. The summed E-state index contributed by atoms with van der Waals surface area (Å²) < 4.78 is 1.65. The number of carbonyl (C=O) groups excluding carboxylic acids is 3. The average molecular weight is 418 g/mol. The highest BCUT2D eigenvalue weighted by Crippen LogP contribution is 2.19. The molecule has 1 aliphatic heterocycles. The predicted molar refractivity (Wildman–Crippen MR) is 114 cm³/mol. The van der Waals surface area contributed by atoms with E-state index in [0.29, 0.717) is 29.2 Å². The smallest absolute Gasteiger partial charge is 0.254 e. The van der Waals surface area contributed by atoms with Gasteiger partial charge in [-0.25, -0.2) is 0 Å². The second-order valence-electron chi connectivity index (χ2n) is 7.25. The van der Waals surface area contributed by atoms with Crippen molar-refractivity contribution in [3.05, 3.63) is 71.8 Å². The van der Waals surface area contributed by atoms with Crippen LogP contribution in [-0.4, -0.2) is 38.5 Å². The van der Waals surface area contributed by atoms with Crippen LogP contribution in [0.4, 0.5) is 5.69 Å². The summed E-state index contributed by atoms with van der Waals surface area (Å²) in [6, 6.07) is 13.5. The lowest BCUT2D eigenvalue weighted by Gasteiger charge is -2.18. The molecular formula is C22H22N6O3. The molecule has 0 aliphatic carbocycles. The van der Waals surface area contributed by atoms with E-state index in [1.165, 1.54) is 6.33 Å². The molecule has 3 amide bonds. The molecule has 0 fully saturated rings. The Labute approximate surface area is 178 Å². The number of nitrogens with zero attached hydrogens (tertiary/aromatic N) is 3. The zero-order valence-electron chi connectivity index (χ0n) is 17.0. The van der Waals surface area contributed by atoms with Crippen molar-refractivity contribution < 1.29 is 14.4 Å². The molecule has 9 nitrogen and oxygen atoms in total. The number of para-hydroxylation sites is 2. The highest BCUT2D eigenvalue weighted by Gasteiger charge is 2.21. The van der Waals surface area contributed by atoms with E-state index in [4.69, 9.17) is 0 Å². The molecule has 3 aromatic rings. The van der Waals surface area contributed by atoms with Crippen molar-refractivity contribution in [1.82, 2.24) is 25.4 Å². The van der Waals surface area contributed by atoms with Crippen LogP contribution in [0.3, 0.4) is 0 Å². The number of nitrogens with one attached hydrogen (secondary N) is 3. The lowest BCUT2D eigenvalue weighted by atomic mass is 10.1. The van der Waals surface area contributed by atoms with Gasteiger partial charge >= 0.3 is 0 Å². The maximum absolute atomic E-state index is 13.0. The fraction of sp³-hybridized carbons (Fsp3) is 0.227. The molecule has 4 rings (SSSR count). The van der Waals surface area contributed by atoms with Gasteiger partial charge in [0, 0.05) is 12.1 Å². The summed E-state index contributed by atoms with van der Waals surface area (Å²) in [6.45, 7) is 1.79. The van der Waals surface area contributed by atoms with Crippen molar-refractivity contribution >= 4 is 23.4 Å². The zero-order chi connectivity index (χ0) is 21.8. The summed E-state index contributed by atoms with van der Waals surface area (Å²) in [4.78, 5) is 38.1. The van der Waals surface area contributed by atoms with E-state index >= 15 is 0 Å². The van der Waals surface area contributed by atoms with E-state index in [9.17, 15) is 14.4 Å². The van der Waals surface area contributed by atoms with Crippen LogP contribution in [0.15, 0.2) is 54.9 Å². The summed E-state index contributed by atoms with van der Waals surface area (Å²) in [6.07, 6.45) is 2.20. The summed E-state index contributed by atoms with van der Waals surface area (Å²) in [5, 5.41) is 16.5. The van der Waals surface area contributed by atoms with Gasteiger partial charge in [-0.05, 0) is 37.1 Å². The zero-order valence-corrected chi connectivity index (χ0v) is 17.0. The van der Waals surface area contributed by atoms with Crippen LogP contribution in [-0.2, 0) is 22.6 Å². The largest absolute Gasteiger partial charge is 0.349 e. The SMILES string of the molecule is C[C@@H]1NC(=O)c2ccccc2-n2cnnc2CNC(=O)CCc2ccccc2NC1=O. The molecule has 31 heavy (non-hydrogen) atoms. The van der Waals surface area contributed by atoms with E-state index in [1.807, 2.05) is 18.2 Å². The third kappa shape index (κ3) is 4.45. The lowest BCUT2D eigenvalue weighted by Crippen LogP contribution is -2.42. The van der Waals surface area contributed by atoms with Crippen LogP contribution in [0.1, 0.15) is 35.1 Å². The molecule has 2 heterocycles. The van der Waals surface area contributed by atoms with E-state index in [-0.39, 0.29) is 24.8 Å². The molecule has 9 heteroatoms. The molecule has 3 N–H and O–H groups in total. The van der Waals surface area contributed by atoms with Crippen molar-refractivity contribution in [1.29, 1.82) is 0 Å². The van der Waals surface area contributed by atoms with Gasteiger partial charge in [-0.1, -0.05) is 30.3 Å². The van der Waals surface area contributed by atoms with Crippen molar-refractivity contribution in [3.8, 4) is 5.69 Å². The predicted octanol–water partition coefficient (Wildman–Crippen LogP) is 1.59. The van der Waals surface area contributed by atoms with Gasteiger partial charge in [0.05, 0.1) is 17.8 Å². The Morgan fingerprint density at radius 2 is 1.77 bits per heavy atom. The minimum absolute atomic E-state index is 0.151. The number of fused-ring (bicyclic) bond motifs is 4. The second-order valence-corrected chi connectivity index (χ2v) is 7.25. The molecule has 1 aliphatic rings. The molecule has 0 saturated heterocycles. The Kier molecular flexibility index (Phi) is 5.74. The first-order valence-electron chi connectivity index (χ1n) is 9.97. The van der Waals surface area contributed by atoms with Gasteiger partial charge < -0.3 is 16.0 Å². The first-order chi connectivity index (χ1) is 15.0. The van der Waals surface area contributed by atoms with Gasteiger partial charge in [0.1, 0.15) is 12.4 Å². The number of aryl methyl sites for hydroxylation is 1. The summed E-state index contributed by atoms with van der Waals surface area (Å²) in [7, 11) is 0. The van der Waals surface area contributed by atoms with Crippen molar-refractivity contribution in [3.63, 3.8) is 0 Å². The molecule has 1 aromatic heterocycles. The monoisotopic (exact) mass is 418 g/mol. The summed E-state index contributed by atoms with van der Waals surface area (Å²) in [5.74, 6) is -0.406. The van der Waals surface area contributed by atoms with Gasteiger partial charge in [0.2, 0.25) is 11.8 Å². The minimum Gasteiger partial charge on any atom is -0.349 e. The number of rotatable bonds is 0. The Hall–Kier alpha value is -4.01. The summed E-state index contributed by atoms with van der Waals surface area (Å²) >= 11 is 0. The van der Waals surface area contributed by atoms with Crippen molar-refractivity contribution in [2.75, 3.05) is 5.32 Å². The van der Waals surface area contributed by atoms with Gasteiger partial charge in [0.25, 0.3) is 5.91 Å². The second kappa shape index (κ2) is 8.78. The van der Waals surface area contributed by atoms with Crippen molar-refractivity contribution in [2.45, 2.75) is 32.4 Å². The molecule has 0 unspecified atom stereocenters. The van der Waals surface area contributed by atoms with Gasteiger partial charge in [-0.2, -0.15) is 0 Å². The molecular weight excluding hydrogens is 396 g/mol. The van der Waals surface area contributed by atoms with Crippen LogP contribution < -0.4 is 16.0 Å². The Morgan fingerprint density at radius 1 is 1.00 bits per heavy atom. The number of anilines is 1. The lowest BCUT2D eigenvalue weighted by molar-refractivity contribution is -0.121. The van der Waals surface area contributed by atoms with Gasteiger partial charge in [-0.3, -0.25) is 19.0 Å². The molecule has 1 atom stereocenters. The molecule has 0 spiro atoms. The van der Waals surface area contributed by atoms with E-state index < -0.39 is 11.9 Å². The minimum atomic E-state index is -0.773. The van der Waals surface area contributed by atoms with Crippen LogP contribution in [0.5, 0.6) is 0 Å². The fourth-order valence-electron chi connectivity index (χ4n) is 3.41. The maximum atomic E-state index is 13.0. The first kappa shape index (κ1) is 20.3. The summed E-state index contributed by atoms with van der Waals surface area (Å²) in [5.41, 5.74) is 2.38. The molecule has 2 aromatic carbocycles. The number of amides is 3. The standard InChI is InChI=1S/C22H22N6O3/c1-14-21(30)26-17-8-4-2-6-15(17)10-11-20(29)23-12-19-27-24-13-28(19)18-9-5-3-7-16(18)22(31)25-14/h2-9,13-14H,10-12H2,1H3,(H,23,29)(H,25,31)(H,26,30)/t14-/m0/s1. The number of hydrogen-bond acceptors (Lipinski definition) is 5. The molecule has 0 bridgehead atoms. The third-order valence-corrected chi connectivity index (χ3v) is 5.11. The van der Waals surface area contributed by atoms with E-state index in [1.54, 1.807) is 41.8 Å². The average Bonchev–Trinajstić information content (AvgIpc) is 3.25.